The van der Waals surface area contributed by atoms with Crippen LogP contribution >= 0.6 is 15.9 Å². The zero-order valence-electron chi connectivity index (χ0n) is 13.3. The van der Waals surface area contributed by atoms with Gasteiger partial charge >= 0.3 is 0 Å². The zero-order chi connectivity index (χ0) is 15.4. The predicted molar refractivity (Wildman–Crippen MR) is 94.9 cm³/mol. The summed E-state index contributed by atoms with van der Waals surface area (Å²) in [5.74, 6) is 0. The molecule has 0 aliphatic heterocycles. The molecule has 1 atom stereocenters. The number of aryl methyl sites for hydroxylation is 2. The normalized spacial score (nSPS) is 12.4. The van der Waals surface area contributed by atoms with Crippen molar-refractivity contribution in [2.75, 3.05) is 6.54 Å². The van der Waals surface area contributed by atoms with Gasteiger partial charge in [-0.3, -0.25) is 0 Å². The van der Waals surface area contributed by atoms with Crippen molar-refractivity contribution in [3.05, 3.63) is 68.7 Å². The fourth-order valence-electron chi connectivity index (χ4n) is 2.76. The lowest BCUT2D eigenvalue weighted by molar-refractivity contribution is 0.593. The van der Waals surface area contributed by atoms with E-state index < -0.39 is 0 Å². The Balaban J connectivity index is 2.49. The van der Waals surface area contributed by atoms with Crippen molar-refractivity contribution in [1.82, 2.24) is 5.32 Å². The molecule has 1 unspecified atom stereocenters. The number of rotatable bonds is 5. The number of hydrogen-bond acceptors (Lipinski definition) is 1. The SMILES string of the molecule is CCCNC(c1ccc(C)cc1C)c1cccc(Br)c1C. The van der Waals surface area contributed by atoms with E-state index in [1.165, 1.54) is 32.3 Å². The fourth-order valence-corrected chi connectivity index (χ4v) is 3.14. The van der Waals surface area contributed by atoms with E-state index >= 15 is 0 Å². The molecule has 112 valence electrons. The fraction of sp³-hybridized carbons (Fsp3) is 0.368. The molecule has 2 rings (SSSR count). The second-order valence-electron chi connectivity index (χ2n) is 5.70. The van der Waals surface area contributed by atoms with Crippen molar-refractivity contribution in [1.29, 1.82) is 0 Å². The number of benzene rings is 2. The Kier molecular flexibility index (Phi) is 5.60. The second-order valence-corrected chi connectivity index (χ2v) is 6.56. The summed E-state index contributed by atoms with van der Waals surface area (Å²) < 4.78 is 1.17. The molecule has 0 fully saturated rings. The predicted octanol–water partition coefficient (Wildman–Crippen LogP) is 5.46. The molecule has 0 radical (unpaired) electrons. The molecular weight excluding hydrogens is 322 g/mol. The first-order valence-corrected chi connectivity index (χ1v) is 8.39. The minimum atomic E-state index is 0.253. The van der Waals surface area contributed by atoms with Crippen LogP contribution in [0.1, 0.15) is 47.2 Å². The number of hydrogen-bond donors (Lipinski definition) is 1. The van der Waals surface area contributed by atoms with Crippen LogP contribution < -0.4 is 5.32 Å². The molecule has 0 aliphatic carbocycles. The highest BCUT2D eigenvalue weighted by Crippen LogP contribution is 2.31. The summed E-state index contributed by atoms with van der Waals surface area (Å²) in [7, 11) is 0. The van der Waals surface area contributed by atoms with E-state index in [1.807, 2.05) is 0 Å². The third kappa shape index (κ3) is 3.75. The van der Waals surface area contributed by atoms with E-state index in [4.69, 9.17) is 0 Å². The van der Waals surface area contributed by atoms with Crippen LogP contribution in [-0.4, -0.2) is 6.54 Å². The van der Waals surface area contributed by atoms with Gasteiger partial charge in [0.05, 0.1) is 6.04 Å². The summed E-state index contributed by atoms with van der Waals surface area (Å²) in [5.41, 5.74) is 6.70. The van der Waals surface area contributed by atoms with Crippen molar-refractivity contribution in [2.24, 2.45) is 0 Å². The van der Waals surface area contributed by atoms with Gasteiger partial charge in [0.25, 0.3) is 0 Å². The van der Waals surface area contributed by atoms with Gasteiger partial charge in [-0.05, 0) is 62.1 Å². The Morgan fingerprint density at radius 1 is 1.05 bits per heavy atom. The van der Waals surface area contributed by atoms with Crippen LogP contribution in [-0.2, 0) is 0 Å². The van der Waals surface area contributed by atoms with Crippen LogP contribution in [0.5, 0.6) is 0 Å². The van der Waals surface area contributed by atoms with Crippen LogP contribution in [0.25, 0.3) is 0 Å². The third-order valence-corrected chi connectivity index (χ3v) is 4.81. The van der Waals surface area contributed by atoms with E-state index in [-0.39, 0.29) is 6.04 Å². The quantitative estimate of drug-likeness (QED) is 0.758. The minimum Gasteiger partial charge on any atom is -0.306 e. The number of nitrogens with one attached hydrogen (secondary N) is 1. The Morgan fingerprint density at radius 3 is 2.48 bits per heavy atom. The van der Waals surface area contributed by atoms with Gasteiger partial charge in [0.1, 0.15) is 0 Å². The van der Waals surface area contributed by atoms with Crippen LogP contribution in [0.3, 0.4) is 0 Å². The Morgan fingerprint density at radius 2 is 1.81 bits per heavy atom. The Labute approximate surface area is 136 Å². The maximum Gasteiger partial charge on any atom is 0.0582 e. The molecule has 21 heavy (non-hydrogen) atoms. The zero-order valence-corrected chi connectivity index (χ0v) is 14.9. The summed E-state index contributed by atoms with van der Waals surface area (Å²) >= 11 is 3.66. The maximum atomic E-state index is 3.71. The van der Waals surface area contributed by atoms with Crippen LogP contribution in [0.4, 0.5) is 0 Å². The molecule has 2 aromatic rings. The lowest BCUT2D eigenvalue weighted by Gasteiger charge is -2.24. The Bertz CT molecular complexity index is 619. The molecule has 0 saturated carbocycles. The molecular formula is C19H24BrN. The minimum absolute atomic E-state index is 0.253. The van der Waals surface area contributed by atoms with Crippen molar-refractivity contribution in [3.63, 3.8) is 0 Å². The van der Waals surface area contributed by atoms with Crippen LogP contribution in [0.2, 0.25) is 0 Å². The average Bonchev–Trinajstić information content (AvgIpc) is 2.45. The smallest absolute Gasteiger partial charge is 0.0582 e. The summed E-state index contributed by atoms with van der Waals surface area (Å²) in [6, 6.07) is 13.4. The summed E-state index contributed by atoms with van der Waals surface area (Å²) in [6.07, 6.45) is 1.13. The van der Waals surface area contributed by atoms with Crippen molar-refractivity contribution in [3.8, 4) is 0 Å². The van der Waals surface area contributed by atoms with Gasteiger partial charge in [-0.1, -0.05) is 58.7 Å². The van der Waals surface area contributed by atoms with Crippen molar-refractivity contribution >= 4 is 15.9 Å². The first-order valence-electron chi connectivity index (χ1n) is 7.60. The number of halogens is 1. The van der Waals surface area contributed by atoms with E-state index in [2.05, 4.69) is 85.3 Å². The molecule has 1 N–H and O–H groups in total. The van der Waals surface area contributed by atoms with E-state index in [0.717, 1.165) is 13.0 Å². The van der Waals surface area contributed by atoms with Gasteiger partial charge in [-0.2, -0.15) is 0 Å². The van der Waals surface area contributed by atoms with E-state index in [0.29, 0.717) is 0 Å². The first-order chi connectivity index (χ1) is 10.0. The van der Waals surface area contributed by atoms with Crippen molar-refractivity contribution in [2.45, 2.75) is 40.2 Å². The molecule has 2 heteroatoms. The lowest BCUT2D eigenvalue weighted by atomic mass is 9.91. The molecule has 1 nitrogen and oxygen atoms in total. The molecule has 0 spiro atoms. The van der Waals surface area contributed by atoms with Gasteiger partial charge in [-0.15, -0.1) is 0 Å². The lowest BCUT2D eigenvalue weighted by Crippen LogP contribution is -2.24. The Hall–Kier alpha value is -1.12. The second kappa shape index (κ2) is 7.24. The maximum absolute atomic E-state index is 3.71. The topological polar surface area (TPSA) is 12.0 Å². The summed E-state index contributed by atoms with van der Waals surface area (Å²) in [5, 5.41) is 3.71. The molecule has 0 aliphatic rings. The first kappa shape index (κ1) is 16.3. The standard InChI is InChI=1S/C19H24BrN/c1-5-11-21-19(16-10-9-13(2)12-14(16)3)17-7-6-8-18(20)15(17)4/h6-10,12,19,21H,5,11H2,1-4H3. The average molecular weight is 346 g/mol. The van der Waals surface area contributed by atoms with Gasteiger partial charge in [0.2, 0.25) is 0 Å². The van der Waals surface area contributed by atoms with E-state index in [1.54, 1.807) is 0 Å². The molecule has 0 aromatic heterocycles. The molecule has 0 heterocycles. The van der Waals surface area contributed by atoms with Crippen LogP contribution in [0, 0.1) is 20.8 Å². The highest BCUT2D eigenvalue weighted by atomic mass is 79.9. The van der Waals surface area contributed by atoms with E-state index in [9.17, 15) is 0 Å². The van der Waals surface area contributed by atoms with Crippen molar-refractivity contribution < 1.29 is 0 Å². The molecule has 0 saturated heterocycles. The third-order valence-electron chi connectivity index (χ3n) is 3.96. The highest BCUT2D eigenvalue weighted by molar-refractivity contribution is 9.10. The van der Waals surface area contributed by atoms with Crippen LogP contribution in [0.15, 0.2) is 40.9 Å². The van der Waals surface area contributed by atoms with Gasteiger partial charge in [0.15, 0.2) is 0 Å². The summed E-state index contributed by atoms with van der Waals surface area (Å²) in [4.78, 5) is 0. The molecule has 0 bridgehead atoms. The molecule has 0 amide bonds. The highest BCUT2D eigenvalue weighted by Gasteiger charge is 2.18. The monoisotopic (exact) mass is 345 g/mol. The summed E-state index contributed by atoms with van der Waals surface area (Å²) in [6.45, 7) is 9.76. The van der Waals surface area contributed by atoms with Gasteiger partial charge < -0.3 is 5.32 Å². The van der Waals surface area contributed by atoms with Gasteiger partial charge in [0, 0.05) is 4.47 Å². The van der Waals surface area contributed by atoms with Gasteiger partial charge in [-0.25, -0.2) is 0 Å². The molecule has 2 aromatic carbocycles. The largest absolute Gasteiger partial charge is 0.306 e.